The summed E-state index contributed by atoms with van der Waals surface area (Å²) in [5, 5.41) is 0. The van der Waals surface area contributed by atoms with Gasteiger partial charge < -0.3 is 4.99 Å². The third-order valence-electron chi connectivity index (χ3n) is 1.98. The van der Waals surface area contributed by atoms with Crippen molar-refractivity contribution < 1.29 is 65.4 Å². The van der Waals surface area contributed by atoms with Crippen LogP contribution >= 0.6 is 0 Å². The molecule has 2 rings (SSSR count). The summed E-state index contributed by atoms with van der Waals surface area (Å²) in [6.07, 6.45) is 3.87. The van der Waals surface area contributed by atoms with Crippen molar-refractivity contribution in [3.8, 4) is 0 Å². The summed E-state index contributed by atoms with van der Waals surface area (Å²) in [6.45, 7) is 4.22. The Kier molecular flexibility index (Phi) is 6.35. The topological polar surface area (TPSA) is 12.4 Å². The van der Waals surface area contributed by atoms with Gasteiger partial charge in [-0.25, -0.2) is 0 Å². The van der Waals surface area contributed by atoms with E-state index in [1.165, 1.54) is 16.7 Å². The summed E-state index contributed by atoms with van der Waals surface area (Å²) < 4.78 is 0. The van der Waals surface area contributed by atoms with E-state index in [1.54, 1.807) is 0 Å². The zero-order chi connectivity index (χ0) is 7.84. The van der Waals surface area contributed by atoms with Crippen LogP contribution in [0.4, 0.5) is 5.69 Å². The van der Waals surface area contributed by atoms with E-state index in [1.807, 2.05) is 0 Å². The Balaban J connectivity index is 0.000000720. The van der Waals surface area contributed by atoms with Crippen LogP contribution in [0.1, 0.15) is 16.7 Å². The molecule has 0 atom stereocenters. The number of hydrogen-bond donors (Lipinski definition) is 0. The van der Waals surface area contributed by atoms with Gasteiger partial charge in [-0.05, 0) is 6.92 Å². The first-order valence-corrected chi connectivity index (χ1v) is 3.81. The zero-order valence-corrected chi connectivity index (χ0v) is 13.6. The van der Waals surface area contributed by atoms with Crippen LogP contribution < -0.4 is 0 Å². The van der Waals surface area contributed by atoms with Crippen molar-refractivity contribution in [2.75, 3.05) is 0 Å². The van der Waals surface area contributed by atoms with Crippen LogP contribution in [0.25, 0.3) is 0 Å². The average molecular weight is 322 g/mol. The van der Waals surface area contributed by atoms with Gasteiger partial charge in [-0.15, -0.1) is 11.1 Å². The predicted molar refractivity (Wildman–Crippen MR) is 46.7 cm³/mol. The van der Waals surface area contributed by atoms with Crippen LogP contribution in [-0.4, -0.2) is 6.21 Å². The van der Waals surface area contributed by atoms with Crippen molar-refractivity contribution in [2.45, 2.75) is 20.3 Å². The fourth-order valence-electron chi connectivity index (χ4n) is 1.55. The minimum atomic E-state index is 0. The first-order valence-electron chi connectivity index (χ1n) is 3.81. The fraction of sp³-hybridized carbons (Fsp3) is 0.300. The molecule has 62 valence electrons. The van der Waals surface area contributed by atoms with E-state index in [2.05, 4.69) is 37.2 Å². The van der Waals surface area contributed by atoms with Gasteiger partial charge in [0, 0.05) is 65.4 Å². The third kappa shape index (κ3) is 3.02. The van der Waals surface area contributed by atoms with Gasteiger partial charge in [0.1, 0.15) is 0 Å². The van der Waals surface area contributed by atoms with E-state index >= 15 is 0 Å². The van der Waals surface area contributed by atoms with Gasteiger partial charge >= 0.3 is 0 Å². The Morgan fingerprint density at radius 2 is 1.92 bits per heavy atom. The molecule has 0 fully saturated rings. The summed E-state index contributed by atoms with van der Waals surface area (Å²) in [5.41, 5.74) is 5.04. The Labute approximate surface area is 130 Å². The molecule has 1 aromatic carbocycles. The smallest absolute Gasteiger partial charge is 0 e. The molecule has 0 spiro atoms. The minimum absolute atomic E-state index is 0. The number of rotatable bonds is 0. The fourth-order valence-corrected chi connectivity index (χ4v) is 1.55. The molecule has 1 aliphatic heterocycles. The molecule has 2 radical (unpaired) electrons. The number of nitrogens with zero attached hydrogens (tertiary/aromatic N) is 1. The molecule has 0 bridgehead atoms. The van der Waals surface area contributed by atoms with Crippen LogP contribution in [-0.2, 0) is 71.8 Å². The second-order valence-electron chi connectivity index (χ2n) is 3.04. The van der Waals surface area contributed by atoms with Crippen molar-refractivity contribution in [1.82, 2.24) is 0 Å². The van der Waals surface area contributed by atoms with Crippen molar-refractivity contribution in [2.24, 2.45) is 4.99 Å². The third-order valence-corrected chi connectivity index (χ3v) is 1.98. The number of hydrogen-bond acceptors (Lipinski definition) is 1. The normalized spacial score (nSPS) is 11.5. The summed E-state index contributed by atoms with van der Waals surface area (Å²) in [6, 6.07) is 4.35. The molecule has 1 heterocycles. The van der Waals surface area contributed by atoms with E-state index in [0.717, 1.165) is 12.1 Å². The van der Waals surface area contributed by atoms with Gasteiger partial charge in [0.05, 0.1) is 0 Å². The summed E-state index contributed by atoms with van der Waals surface area (Å²) in [5.74, 6) is 0. The van der Waals surface area contributed by atoms with Gasteiger partial charge in [-0.1, -0.05) is 36.7 Å². The first-order chi connectivity index (χ1) is 5.27. The first kappa shape index (κ1) is 14.1. The second-order valence-corrected chi connectivity index (χ2v) is 3.04. The molecule has 1 aliphatic rings. The van der Waals surface area contributed by atoms with Crippen LogP contribution in [0, 0.1) is 13.8 Å². The average Bonchev–Trinajstić information content (AvgIpc) is 2.34. The molecular formula is C10H10NY2-. The maximum absolute atomic E-state index is 4.19. The van der Waals surface area contributed by atoms with Crippen molar-refractivity contribution in [3.63, 3.8) is 0 Å². The summed E-state index contributed by atoms with van der Waals surface area (Å²) in [4.78, 5) is 4.19. The van der Waals surface area contributed by atoms with Crippen molar-refractivity contribution in [3.05, 3.63) is 28.8 Å². The summed E-state index contributed by atoms with van der Waals surface area (Å²) in [7, 11) is 0. The van der Waals surface area contributed by atoms with Crippen LogP contribution in [0.5, 0.6) is 0 Å². The van der Waals surface area contributed by atoms with E-state index in [9.17, 15) is 0 Å². The molecule has 1 nitrogen and oxygen atoms in total. The van der Waals surface area contributed by atoms with Gasteiger partial charge in [0.15, 0.2) is 0 Å². The van der Waals surface area contributed by atoms with Crippen molar-refractivity contribution in [1.29, 1.82) is 0 Å². The Morgan fingerprint density at radius 3 is 2.62 bits per heavy atom. The maximum Gasteiger partial charge on any atom is 0 e. The standard InChI is InChI=1S/C10H10N.2Y/c1-7-5-8(2)10-9(6-7)3-4-11-10;;/h5-6H,3H2,1-2H3;;/q-1;;. The van der Waals surface area contributed by atoms with Crippen LogP contribution in [0.15, 0.2) is 17.1 Å². The molecule has 0 saturated carbocycles. The molecule has 0 saturated heterocycles. The molecular weight excluding hydrogens is 312 g/mol. The van der Waals surface area contributed by atoms with Crippen LogP contribution in [0.2, 0.25) is 0 Å². The number of aryl methyl sites for hydroxylation is 2. The molecule has 0 unspecified atom stereocenters. The maximum atomic E-state index is 4.19. The van der Waals surface area contributed by atoms with Gasteiger partial charge in [-0.2, -0.15) is 6.21 Å². The van der Waals surface area contributed by atoms with Gasteiger partial charge in [-0.3, -0.25) is 0 Å². The van der Waals surface area contributed by atoms with Crippen LogP contribution in [0.3, 0.4) is 0 Å². The molecule has 0 N–H and O–H groups in total. The quantitative estimate of drug-likeness (QED) is 0.651. The second kappa shape index (κ2) is 5.85. The molecule has 0 aromatic heterocycles. The minimum Gasteiger partial charge on any atom is -0.455 e. The monoisotopic (exact) mass is 322 g/mol. The molecule has 3 heteroatoms. The Hall–Kier alpha value is 1.10. The number of fused-ring (bicyclic) bond motifs is 1. The van der Waals surface area contributed by atoms with Gasteiger partial charge in [0.2, 0.25) is 0 Å². The van der Waals surface area contributed by atoms with E-state index in [-0.39, 0.29) is 65.4 Å². The van der Waals surface area contributed by atoms with Crippen molar-refractivity contribution >= 4 is 11.9 Å². The van der Waals surface area contributed by atoms with E-state index < -0.39 is 0 Å². The van der Waals surface area contributed by atoms with Gasteiger partial charge in [0.25, 0.3) is 0 Å². The summed E-state index contributed by atoms with van der Waals surface area (Å²) >= 11 is 0. The molecule has 0 amide bonds. The molecule has 13 heavy (non-hydrogen) atoms. The Morgan fingerprint density at radius 1 is 1.23 bits per heavy atom. The Bertz CT molecular complexity index is 332. The zero-order valence-electron chi connectivity index (χ0n) is 7.96. The number of benzene rings is 1. The molecule has 1 aromatic rings. The SMILES string of the molecule is Cc1cc(C)c2c(c1)C[C-]=N2.[Y].[Y]. The van der Waals surface area contributed by atoms with E-state index in [4.69, 9.17) is 0 Å². The number of aliphatic imine (C=N–C) groups is 1. The van der Waals surface area contributed by atoms with E-state index in [0.29, 0.717) is 0 Å². The largest absolute Gasteiger partial charge is 0.455 e. The predicted octanol–water partition coefficient (Wildman–Crippen LogP) is 2.43. The molecule has 0 aliphatic carbocycles.